The molecule has 0 aliphatic carbocycles. The van der Waals surface area contributed by atoms with Crippen LogP contribution in [0.3, 0.4) is 0 Å². The average Bonchev–Trinajstić information content (AvgIpc) is 3.09. The smallest absolute Gasteiger partial charge is 0.352 e. The molecule has 0 radical (unpaired) electrons. The van der Waals surface area contributed by atoms with Crippen molar-refractivity contribution < 1.29 is 9.18 Å². The Morgan fingerprint density at radius 1 is 1.15 bits per heavy atom. The Labute approximate surface area is 199 Å². The molecule has 0 saturated carbocycles. The maximum absolute atomic E-state index is 14.4. The van der Waals surface area contributed by atoms with Crippen LogP contribution in [0.4, 0.5) is 4.39 Å². The highest BCUT2D eigenvalue weighted by molar-refractivity contribution is 6.31. The second-order valence-corrected chi connectivity index (χ2v) is 9.29. The summed E-state index contributed by atoms with van der Waals surface area (Å²) in [7, 11) is 0. The van der Waals surface area contributed by atoms with Crippen molar-refractivity contribution in [2.45, 2.75) is 40.3 Å². The SMILES string of the molecule is CC(C)CNC(=O)c1ccc2c(=O)n(C(C)C)c3nn(Cc4c(F)cccc4Cl)c(=O)n3c2c1. The lowest BCUT2D eigenvalue weighted by Crippen LogP contribution is -2.29. The van der Waals surface area contributed by atoms with Gasteiger partial charge in [0.15, 0.2) is 0 Å². The van der Waals surface area contributed by atoms with Gasteiger partial charge in [0.1, 0.15) is 5.82 Å². The van der Waals surface area contributed by atoms with Crippen LogP contribution in [0, 0.1) is 11.7 Å². The van der Waals surface area contributed by atoms with E-state index in [4.69, 9.17) is 11.6 Å². The number of carbonyl (C=O) groups excluding carboxylic acids is 1. The standard InChI is InChI=1S/C24H25ClFN5O3/c1-13(2)11-27-21(32)15-8-9-16-20(10-15)31-23(30(14(3)4)22(16)33)28-29(24(31)34)12-17-18(25)6-5-7-19(17)26/h5-10,13-14H,11-12H2,1-4H3,(H,27,32). The summed E-state index contributed by atoms with van der Waals surface area (Å²) in [6.45, 7) is 7.84. The van der Waals surface area contributed by atoms with Gasteiger partial charge >= 0.3 is 5.69 Å². The largest absolute Gasteiger partial charge is 0.352 e. The Bertz CT molecular complexity index is 1510. The first-order chi connectivity index (χ1) is 16.1. The molecule has 2 heterocycles. The molecule has 4 rings (SSSR count). The Kier molecular flexibility index (Phi) is 6.31. The van der Waals surface area contributed by atoms with Gasteiger partial charge in [0.05, 0.1) is 17.4 Å². The van der Waals surface area contributed by atoms with Crippen LogP contribution in [0.1, 0.15) is 49.7 Å². The molecule has 0 unspecified atom stereocenters. The first-order valence-electron chi connectivity index (χ1n) is 11.0. The van der Waals surface area contributed by atoms with E-state index < -0.39 is 11.5 Å². The van der Waals surface area contributed by atoms with E-state index in [0.717, 1.165) is 4.68 Å². The first kappa shape index (κ1) is 23.7. The number of fused-ring (bicyclic) bond motifs is 3. The zero-order valence-corrected chi connectivity index (χ0v) is 20.1. The molecule has 34 heavy (non-hydrogen) atoms. The van der Waals surface area contributed by atoms with Gasteiger partial charge in [-0.3, -0.25) is 14.2 Å². The van der Waals surface area contributed by atoms with Gasteiger partial charge in [0.25, 0.3) is 11.5 Å². The molecule has 178 valence electrons. The summed E-state index contributed by atoms with van der Waals surface area (Å²) in [4.78, 5) is 39.4. The molecule has 0 bridgehead atoms. The minimum Gasteiger partial charge on any atom is -0.352 e. The lowest BCUT2D eigenvalue weighted by molar-refractivity contribution is 0.0949. The predicted molar refractivity (Wildman–Crippen MR) is 129 cm³/mol. The molecular formula is C24H25ClFN5O3. The van der Waals surface area contributed by atoms with Crippen LogP contribution in [0.15, 0.2) is 46.0 Å². The van der Waals surface area contributed by atoms with E-state index in [-0.39, 0.29) is 57.2 Å². The third-order valence-electron chi connectivity index (χ3n) is 5.54. The van der Waals surface area contributed by atoms with Crippen LogP contribution in [0.2, 0.25) is 5.02 Å². The fraction of sp³-hybridized carbons (Fsp3) is 0.333. The molecule has 1 amide bonds. The van der Waals surface area contributed by atoms with E-state index in [0.29, 0.717) is 12.1 Å². The lowest BCUT2D eigenvalue weighted by atomic mass is 10.1. The quantitative estimate of drug-likeness (QED) is 0.451. The van der Waals surface area contributed by atoms with Gasteiger partial charge in [-0.05, 0) is 50.1 Å². The zero-order chi connectivity index (χ0) is 24.7. The van der Waals surface area contributed by atoms with E-state index >= 15 is 0 Å². The van der Waals surface area contributed by atoms with Crippen molar-refractivity contribution in [3.63, 3.8) is 0 Å². The zero-order valence-electron chi connectivity index (χ0n) is 19.3. The minimum absolute atomic E-state index is 0.102. The topological polar surface area (TPSA) is 90.4 Å². The number of halogens is 2. The lowest BCUT2D eigenvalue weighted by Gasteiger charge is -2.13. The van der Waals surface area contributed by atoms with Crippen molar-refractivity contribution in [1.82, 2.24) is 24.1 Å². The Hall–Kier alpha value is -3.46. The fourth-order valence-corrected chi connectivity index (χ4v) is 4.05. The van der Waals surface area contributed by atoms with Gasteiger partial charge in [0.2, 0.25) is 5.78 Å². The molecule has 0 saturated heterocycles. The summed E-state index contributed by atoms with van der Waals surface area (Å²) >= 11 is 6.15. The molecule has 8 nitrogen and oxygen atoms in total. The number of amides is 1. The van der Waals surface area contributed by atoms with Gasteiger partial charge in [-0.15, -0.1) is 5.10 Å². The van der Waals surface area contributed by atoms with Gasteiger partial charge in [-0.2, -0.15) is 0 Å². The van der Waals surface area contributed by atoms with Gasteiger partial charge in [-0.25, -0.2) is 18.3 Å². The second-order valence-electron chi connectivity index (χ2n) is 8.88. The molecule has 0 fully saturated rings. The fourth-order valence-electron chi connectivity index (χ4n) is 3.82. The summed E-state index contributed by atoms with van der Waals surface area (Å²) in [5.74, 6) is -0.507. The highest BCUT2D eigenvalue weighted by Gasteiger charge is 2.21. The van der Waals surface area contributed by atoms with Crippen LogP contribution in [-0.2, 0) is 6.54 Å². The number of nitrogens with zero attached hydrogens (tertiary/aromatic N) is 4. The summed E-state index contributed by atoms with van der Waals surface area (Å²) in [5, 5.41) is 7.63. The number of nitrogens with one attached hydrogen (secondary N) is 1. The number of carbonyl (C=O) groups is 1. The molecule has 0 atom stereocenters. The molecular weight excluding hydrogens is 461 g/mol. The van der Waals surface area contributed by atoms with Gasteiger partial charge in [-0.1, -0.05) is 31.5 Å². The molecule has 2 aromatic carbocycles. The number of hydrogen-bond donors (Lipinski definition) is 1. The monoisotopic (exact) mass is 485 g/mol. The Morgan fingerprint density at radius 2 is 1.88 bits per heavy atom. The highest BCUT2D eigenvalue weighted by atomic mass is 35.5. The normalized spacial score (nSPS) is 11.8. The summed E-state index contributed by atoms with van der Waals surface area (Å²) in [6, 6.07) is 8.56. The van der Waals surface area contributed by atoms with E-state index in [1.54, 1.807) is 19.9 Å². The van der Waals surface area contributed by atoms with Gasteiger partial charge < -0.3 is 5.32 Å². The molecule has 0 aliphatic heterocycles. The van der Waals surface area contributed by atoms with Crippen molar-refractivity contribution in [3.05, 3.63) is 79.2 Å². The third-order valence-corrected chi connectivity index (χ3v) is 5.90. The van der Waals surface area contributed by atoms with Crippen LogP contribution in [-0.4, -0.2) is 31.2 Å². The van der Waals surface area contributed by atoms with Crippen molar-refractivity contribution >= 4 is 34.2 Å². The maximum atomic E-state index is 14.4. The van der Waals surface area contributed by atoms with Crippen molar-refractivity contribution in [2.24, 2.45) is 5.92 Å². The van der Waals surface area contributed by atoms with Crippen LogP contribution in [0.5, 0.6) is 0 Å². The molecule has 2 aromatic heterocycles. The van der Waals surface area contributed by atoms with Crippen LogP contribution in [0.25, 0.3) is 16.7 Å². The van der Waals surface area contributed by atoms with Crippen molar-refractivity contribution in [2.75, 3.05) is 6.54 Å². The van der Waals surface area contributed by atoms with Crippen molar-refractivity contribution in [1.29, 1.82) is 0 Å². The van der Waals surface area contributed by atoms with E-state index in [1.165, 1.54) is 39.3 Å². The van der Waals surface area contributed by atoms with E-state index in [1.807, 2.05) is 13.8 Å². The Balaban J connectivity index is 1.97. The molecule has 0 spiro atoms. The van der Waals surface area contributed by atoms with Gasteiger partial charge in [0, 0.05) is 28.7 Å². The van der Waals surface area contributed by atoms with Crippen molar-refractivity contribution in [3.8, 4) is 0 Å². The summed E-state index contributed by atoms with van der Waals surface area (Å²) < 4.78 is 18.1. The number of benzene rings is 2. The molecule has 1 N–H and O–H groups in total. The summed E-state index contributed by atoms with van der Waals surface area (Å²) in [5.41, 5.74) is -0.231. The van der Waals surface area contributed by atoms with Crippen LogP contribution >= 0.6 is 11.6 Å². The molecule has 0 aliphatic rings. The number of rotatable bonds is 6. The highest BCUT2D eigenvalue weighted by Crippen LogP contribution is 2.21. The minimum atomic E-state index is -0.576. The predicted octanol–water partition coefficient (Wildman–Crippen LogP) is 3.62. The Morgan fingerprint density at radius 3 is 2.53 bits per heavy atom. The third kappa shape index (κ3) is 4.11. The van der Waals surface area contributed by atoms with E-state index in [2.05, 4.69) is 10.4 Å². The first-order valence-corrected chi connectivity index (χ1v) is 11.4. The second kappa shape index (κ2) is 9.06. The maximum Gasteiger partial charge on any atom is 0.352 e. The molecule has 4 aromatic rings. The average molecular weight is 486 g/mol. The van der Waals surface area contributed by atoms with Crippen LogP contribution < -0.4 is 16.6 Å². The number of aromatic nitrogens is 4. The number of hydrogen-bond acceptors (Lipinski definition) is 4. The molecule has 10 heteroatoms. The summed E-state index contributed by atoms with van der Waals surface area (Å²) in [6.07, 6.45) is 0. The van der Waals surface area contributed by atoms with E-state index in [9.17, 15) is 18.8 Å².